The molecular weight excluding hydrogens is 1050 g/mol. The van der Waals surface area contributed by atoms with Crippen molar-refractivity contribution in [2.45, 2.75) is 95.2 Å². The number of carboxylic acids is 9. The summed E-state index contributed by atoms with van der Waals surface area (Å²) in [5.74, 6) is -17.8. The van der Waals surface area contributed by atoms with Gasteiger partial charge in [0, 0.05) is 58.9 Å². The van der Waals surface area contributed by atoms with Crippen LogP contribution in [0, 0.1) is 0 Å². The molecule has 0 bridgehead atoms. The van der Waals surface area contributed by atoms with Gasteiger partial charge in [-0.15, -0.1) is 0 Å². The highest BCUT2D eigenvalue weighted by atomic mass is 16.4. The molecule has 1 fully saturated rings. The Morgan fingerprint density at radius 2 is 0.513 bits per heavy atom. The smallest absolute Gasteiger partial charge is 0.320 e. The zero-order chi connectivity index (χ0) is 59.1. The quantitative estimate of drug-likeness (QED) is 0.0203. The molecule has 0 radical (unpaired) electrons. The molecule has 12 N–H and O–H groups in total. The van der Waals surface area contributed by atoms with Crippen LogP contribution in [0.25, 0.3) is 0 Å². The molecule has 33 heteroatoms. The largest absolute Gasteiger partial charge is 0.480 e. The minimum absolute atomic E-state index is 0.0763. The summed E-state index contributed by atoms with van der Waals surface area (Å²) in [7, 11) is 0. The van der Waals surface area contributed by atoms with Crippen molar-refractivity contribution in [3.05, 3.63) is 0 Å². The Morgan fingerprint density at radius 1 is 0.321 bits per heavy atom. The topological polar surface area (TPSA) is 494 Å². The number of nitrogens with one attached hydrogen (secondary N) is 3. The van der Waals surface area contributed by atoms with Gasteiger partial charge in [-0.05, 0) is 57.8 Å². The first-order valence-electron chi connectivity index (χ1n) is 24.5. The highest BCUT2D eigenvalue weighted by Crippen LogP contribution is 2.14. The van der Waals surface area contributed by atoms with E-state index in [-0.39, 0.29) is 117 Å². The normalized spacial score (nSPS) is 14.0. The minimum atomic E-state index is -1.47. The van der Waals surface area contributed by atoms with E-state index in [1.54, 1.807) is 0 Å². The maximum atomic E-state index is 13.6. The van der Waals surface area contributed by atoms with E-state index < -0.39 is 166 Å². The maximum absolute atomic E-state index is 13.6. The standard InChI is InChI=1S/C45H69N9O24/c55-31(46-10-4-1-7-28(43(73)74)52(22-37(61)62)23-38(63)64)19-34(58)49-13-15-50(35(59)20-32(56)47-11-5-2-8-29(44(75)76)53(24-39(65)66)25-40(67)68)17-18-51(16-14-49)36(60)21-33(57)48-12-6-3-9-30(45(77)78)54(26-41(69)70)27-42(71)72/h28-30H,1-27H2,(H,46,55)(H,47,56)(H,48,57)(H,61,62)(H,63,64)(H,65,66)(H,67,68)(H,69,70)(H,71,72)(H,73,74)(H,75,76)(H,77,78). The molecular formula is C45H69N9O24. The van der Waals surface area contributed by atoms with E-state index in [4.69, 9.17) is 30.6 Å². The molecule has 78 heavy (non-hydrogen) atoms. The van der Waals surface area contributed by atoms with Crippen LogP contribution in [-0.2, 0) is 71.9 Å². The van der Waals surface area contributed by atoms with E-state index in [1.165, 1.54) is 14.7 Å². The van der Waals surface area contributed by atoms with Crippen molar-refractivity contribution in [2.75, 3.05) is 98.2 Å². The number of nitrogens with zero attached hydrogens (tertiary/aromatic N) is 6. The first-order chi connectivity index (χ1) is 36.6. The second-order valence-electron chi connectivity index (χ2n) is 17.8. The molecule has 0 saturated carbocycles. The fraction of sp³-hybridized carbons (Fsp3) is 0.667. The van der Waals surface area contributed by atoms with Gasteiger partial charge in [0.15, 0.2) is 0 Å². The Hall–Kier alpha value is -8.07. The van der Waals surface area contributed by atoms with E-state index in [2.05, 4.69) is 16.0 Å². The predicted molar refractivity (Wildman–Crippen MR) is 259 cm³/mol. The third-order valence-corrected chi connectivity index (χ3v) is 11.8. The summed E-state index contributed by atoms with van der Waals surface area (Å²) in [6.45, 7) is -6.64. The zero-order valence-corrected chi connectivity index (χ0v) is 42.7. The Morgan fingerprint density at radius 3 is 0.679 bits per heavy atom. The lowest BCUT2D eigenvalue weighted by atomic mass is 10.1. The lowest BCUT2D eigenvalue weighted by molar-refractivity contribution is -0.152. The Labute approximate surface area is 445 Å². The lowest BCUT2D eigenvalue weighted by Crippen LogP contribution is -2.46. The van der Waals surface area contributed by atoms with Gasteiger partial charge >= 0.3 is 53.7 Å². The average molecular weight is 1120 g/mol. The van der Waals surface area contributed by atoms with Gasteiger partial charge in [0.25, 0.3) is 0 Å². The number of carboxylic acid groups (broad SMARTS) is 9. The fourth-order valence-corrected chi connectivity index (χ4v) is 8.07. The van der Waals surface area contributed by atoms with Crippen LogP contribution in [0.1, 0.15) is 77.0 Å². The molecule has 1 saturated heterocycles. The van der Waals surface area contributed by atoms with Crippen molar-refractivity contribution in [3.8, 4) is 0 Å². The van der Waals surface area contributed by atoms with E-state index in [0.717, 1.165) is 14.7 Å². The summed E-state index contributed by atoms with van der Waals surface area (Å²) in [5.41, 5.74) is 0. The molecule has 0 aromatic rings. The molecule has 0 spiro atoms. The van der Waals surface area contributed by atoms with E-state index in [9.17, 15) is 87.2 Å². The van der Waals surface area contributed by atoms with Crippen molar-refractivity contribution >= 4 is 89.2 Å². The number of hydrogen-bond donors (Lipinski definition) is 12. The predicted octanol–water partition coefficient (Wildman–Crippen LogP) is -4.71. The van der Waals surface area contributed by atoms with E-state index in [1.807, 2.05) is 0 Å². The number of carbonyl (C=O) groups is 15. The Kier molecular flexibility index (Phi) is 31.4. The van der Waals surface area contributed by atoms with Crippen LogP contribution in [0.15, 0.2) is 0 Å². The van der Waals surface area contributed by atoms with Crippen molar-refractivity contribution in [2.24, 2.45) is 0 Å². The summed E-state index contributed by atoms with van der Waals surface area (Å²) >= 11 is 0. The van der Waals surface area contributed by atoms with E-state index >= 15 is 0 Å². The van der Waals surface area contributed by atoms with Crippen molar-refractivity contribution in [1.29, 1.82) is 0 Å². The Balaban J connectivity index is 3.07. The number of rotatable bonds is 39. The molecule has 1 aliphatic heterocycles. The Bertz CT molecular complexity index is 1870. The molecule has 3 atom stereocenters. The first kappa shape index (κ1) is 67.9. The monoisotopic (exact) mass is 1120 g/mol. The van der Waals surface area contributed by atoms with Crippen LogP contribution in [0.2, 0.25) is 0 Å². The third-order valence-electron chi connectivity index (χ3n) is 11.8. The molecule has 1 rings (SSSR count). The molecule has 0 aromatic heterocycles. The van der Waals surface area contributed by atoms with Crippen LogP contribution in [0.5, 0.6) is 0 Å². The summed E-state index contributed by atoms with van der Waals surface area (Å²) in [6.07, 6.45) is -2.10. The van der Waals surface area contributed by atoms with Crippen LogP contribution in [-0.4, -0.2) is 281 Å². The third kappa shape index (κ3) is 28.7. The molecule has 1 aliphatic rings. The van der Waals surface area contributed by atoms with Crippen molar-refractivity contribution in [3.63, 3.8) is 0 Å². The molecule has 3 unspecified atom stereocenters. The van der Waals surface area contributed by atoms with Crippen LogP contribution < -0.4 is 16.0 Å². The fourth-order valence-electron chi connectivity index (χ4n) is 8.07. The summed E-state index contributed by atoms with van der Waals surface area (Å²) in [5, 5.41) is 91.0. The molecule has 0 aromatic carbocycles. The highest BCUT2D eigenvalue weighted by Gasteiger charge is 2.32. The highest BCUT2D eigenvalue weighted by molar-refractivity contribution is 5.99. The van der Waals surface area contributed by atoms with Crippen LogP contribution in [0.4, 0.5) is 0 Å². The summed E-state index contributed by atoms with van der Waals surface area (Å²) in [6, 6.07) is -4.42. The second kappa shape index (κ2) is 36.1. The molecule has 0 aliphatic carbocycles. The van der Waals surface area contributed by atoms with Gasteiger partial charge < -0.3 is 76.6 Å². The first-order valence-corrected chi connectivity index (χ1v) is 24.5. The van der Waals surface area contributed by atoms with Gasteiger partial charge in [0.1, 0.15) is 37.4 Å². The molecule has 438 valence electrons. The van der Waals surface area contributed by atoms with Crippen LogP contribution in [0.3, 0.4) is 0 Å². The van der Waals surface area contributed by atoms with Gasteiger partial charge in [-0.1, -0.05) is 0 Å². The number of amides is 6. The van der Waals surface area contributed by atoms with Gasteiger partial charge in [0.05, 0.1) is 39.3 Å². The second-order valence-corrected chi connectivity index (χ2v) is 17.8. The molecule has 1 heterocycles. The van der Waals surface area contributed by atoms with E-state index in [0.29, 0.717) is 0 Å². The number of carbonyl (C=O) groups excluding carboxylic acids is 6. The van der Waals surface area contributed by atoms with Gasteiger partial charge in [-0.2, -0.15) is 0 Å². The zero-order valence-electron chi connectivity index (χ0n) is 42.7. The SMILES string of the molecule is O=C(O)CN(CC(=O)O)C(CCCCNC(=O)CC(=O)N1CCN(C(=O)CC(=O)NCCCCC(C(=O)O)N(CC(=O)O)CC(=O)O)CCN(C(=O)CC(=O)NCCCCC(C(=O)O)N(CC(=O)O)CC(=O)O)CC1)C(=O)O. The number of aliphatic carboxylic acids is 9. The van der Waals surface area contributed by atoms with Crippen LogP contribution >= 0.6 is 0 Å². The minimum Gasteiger partial charge on any atom is -0.480 e. The maximum Gasteiger partial charge on any atom is 0.320 e. The number of unbranched alkanes of at least 4 members (excludes halogenated alkanes) is 3. The molecule has 6 amide bonds. The van der Waals surface area contributed by atoms with Gasteiger partial charge in [0.2, 0.25) is 35.4 Å². The van der Waals surface area contributed by atoms with Crippen molar-refractivity contribution < 1.29 is 118 Å². The number of hydrogen-bond acceptors (Lipinski definition) is 18. The van der Waals surface area contributed by atoms with Gasteiger partial charge in [-0.3, -0.25) is 86.6 Å². The summed E-state index contributed by atoms with van der Waals surface area (Å²) in [4.78, 5) is 188. The molecule has 33 nitrogen and oxygen atoms in total. The van der Waals surface area contributed by atoms with Gasteiger partial charge in [-0.25, -0.2) is 0 Å². The average Bonchev–Trinajstić information content (AvgIpc) is 3.41. The van der Waals surface area contributed by atoms with Crippen molar-refractivity contribution in [1.82, 2.24) is 45.3 Å². The lowest BCUT2D eigenvalue weighted by Gasteiger charge is -2.26. The summed E-state index contributed by atoms with van der Waals surface area (Å²) < 4.78 is 0.